The fraction of sp³-hybridized carbons (Fsp3) is 0.500. The minimum Gasteiger partial charge on any atom is -0.490 e. The molecule has 0 radical (unpaired) electrons. The van der Waals surface area contributed by atoms with E-state index in [4.69, 9.17) is 19.5 Å². The summed E-state index contributed by atoms with van der Waals surface area (Å²) in [6.45, 7) is 3.69. The van der Waals surface area contributed by atoms with Gasteiger partial charge in [-0.1, -0.05) is 6.92 Å². The quantitative estimate of drug-likeness (QED) is 0.486. The van der Waals surface area contributed by atoms with Crippen molar-refractivity contribution < 1.29 is 19.5 Å². The van der Waals surface area contributed by atoms with E-state index in [-0.39, 0.29) is 0 Å². The van der Waals surface area contributed by atoms with Crippen molar-refractivity contribution in [2.24, 2.45) is 0 Å². The van der Waals surface area contributed by atoms with Gasteiger partial charge in [-0.15, -0.1) is 0 Å². The third-order valence-electron chi connectivity index (χ3n) is 1.88. The number of nitrogens with zero attached hydrogens (tertiary/aromatic N) is 1. The summed E-state index contributed by atoms with van der Waals surface area (Å²) in [5.74, 6) is 0.505. The number of ether oxygens (including phenoxy) is 2. The van der Waals surface area contributed by atoms with Crippen molar-refractivity contribution in [1.29, 1.82) is 0 Å². The molecule has 0 aromatic carbocycles. The lowest BCUT2D eigenvalue weighted by Crippen LogP contribution is -2.30. The van der Waals surface area contributed by atoms with Crippen LogP contribution in [0.3, 0.4) is 0 Å². The molecule has 0 aliphatic rings. The summed E-state index contributed by atoms with van der Waals surface area (Å²) in [5, 5.41) is 17.9. The van der Waals surface area contributed by atoms with Crippen molar-refractivity contribution in [1.82, 2.24) is 4.98 Å². The molecule has 0 spiro atoms. The molecule has 1 heterocycles. The second-order valence-corrected chi connectivity index (χ2v) is 3.29. The number of hydrogen-bond acceptors (Lipinski definition) is 5. The zero-order valence-corrected chi connectivity index (χ0v) is 9.30. The fourth-order valence-corrected chi connectivity index (χ4v) is 1.12. The molecule has 0 aliphatic heterocycles. The highest BCUT2D eigenvalue weighted by molar-refractivity contribution is 6.58. The molecule has 88 valence electrons. The first-order valence-electron chi connectivity index (χ1n) is 5.25. The Bertz CT molecular complexity index is 309. The maximum atomic E-state index is 8.93. The van der Waals surface area contributed by atoms with Gasteiger partial charge in [0.25, 0.3) is 0 Å². The topological polar surface area (TPSA) is 71.8 Å². The molecule has 1 aromatic heterocycles. The van der Waals surface area contributed by atoms with Crippen LogP contribution in [0.15, 0.2) is 18.5 Å². The summed E-state index contributed by atoms with van der Waals surface area (Å²) in [7, 11) is -1.52. The number of pyridine rings is 1. The first-order valence-corrected chi connectivity index (χ1v) is 5.25. The highest BCUT2D eigenvalue weighted by atomic mass is 16.5. The van der Waals surface area contributed by atoms with Gasteiger partial charge in [0.2, 0.25) is 0 Å². The van der Waals surface area contributed by atoms with Crippen LogP contribution < -0.4 is 10.2 Å². The third kappa shape index (κ3) is 4.61. The smallest absolute Gasteiger partial charge is 0.490 e. The van der Waals surface area contributed by atoms with Crippen molar-refractivity contribution in [3.8, 4) is 5.75 Å². The van der Waals surface area contributed by atoms with Crippen LogP contribution in [0.5, 0.6) is 5.75 Å². The van der Waals surface area contributed by atoms with Gasteiger partial charge in [-0.05, 0) is 12.5 Å². The van der Waals surface area contributed by atoms with Crippen molar-refractivity contribution in [2.45, 2.75) is 13.3 Å². The molecule has 0 amide bonds. The molecular formula is C10H16BNO4. The molecule has 6 heteroatoms. The van der Waals surface area contributed by atoms with Crippen LogP contribution in [-0.4, -0.2) is 42.0 Å². The summed E-state index contributed by atoms with van der Waals surface area (Å²) in [5.41, 5.74) is 0.312. The molecule has 0 saturated carbocycles. The largest absolute Gasteiger partial charge is 0.490 e. The van der Waals surface area contributed by atoms with E-state index in [0.29, 0.717) is 24.4 Å². The molecule has 0 unspecified atom stereocenters. The van der Waals surface area contributed by atoms with E-state index in [1.54, 1.807) is 0 Å². The molecule has 1 aromatic rings. The van der Waals surface area contributed by atoms with Gasteiger partial charge >= 0.3 is 7.12 Å². The summed E-state index contributed by atoms with van der Waals surface area (Å²) in [4.78, 5) is 3.84. The number of hydrogen-bond donors (Lipinski definition) is 2. The number of aromatic nitrogens is 1. The van der Waals surface area contributed by atoms with Gasteiger partial charge in [0.15, 0.2) is 0 Å². The van der Waals surface area contributed by atoms with E-state index in [1.165, 1.54) is 18.5 Å². The monoisotopic (exact) mass is 225 g/mol. The fourth-order valence-electron chi connectivity index (χ4n) is 1.12. The SMILES string of the molecule is CCCOCCOc1cncc(B(O)O)c1. The molecular weight excluding hydrogens is 209 g/mol. The highest BCUT2D eigenvalue weighted by Crippen LogP contribution is 2.04. The van der Waals surface area contributed by atoms with Crippen LogP contribution in [0, 0.1) is 0 Å². The van der Waals surface area contributed by atoms with E-state index < -0.39 is 7.12 Å². The standard InChI is InChI=1S/C10H16BNO4/c1-2-3-15-4-5-16-10-6-9(11(13)14)7-12-8-10/h6-8,13-14H,2-5H2,1H3. The lowest BCUT2D eigenvalue weighted by Gasteiger charge is -2.07. The van der Waals surface area contributed by atoms with Crippen molar-refractivity contribution in [3.05, 3.63) is 18.5 Å². The van der Waals surface area contributed by atoms with Crippen molar-refractivity contribution in [2.75, 3.05) is 19.8 Å². The molecule has 5 nitrogen and oxygen atoms in total. The Kier molecular flexibility index (Phi) is 5.85. The van der Waals surface area contributed by atoms with E-state index in [1.807, 2.05) is 6.92 Å². The van der Waals surface area contributed by atoms with Gasteiger partial charge in [0.05, 0.1) is 12.8 Å². The second kappa shape index (κ2) is 7.21. The summed E-state index contributed by atoms with van der Waals surface area (Å²) >= 11 is 0. The third-order valence-corrected chi connectivity index (χ3v) is 1.88. The van der Waals surface area contributed by atoms with E-state index in [0.717, 1.165) is 13.0 Å². The molecule has 2 N–H and O–H groups in total. The minimum absolute atomic E-state index is 0.312. The van der Waals surface area contributed by atoms with Gasteiger partial charge < -0.3 is 19.5 Å². The molecule has 0 fully saturated rings. The number of rotatable bonds is 7. The van der Waals surface area contributed by atoms with Gasteiger partial charge in [0, 0.05) is 18.3 Å². The van der Waals surface area contributed by atoms with Gasteiger partial charge in [-0.25, -0.2) is 0 Å². The Morgan fingerprint density at radius 2 is 2.06 bits per heavy atom. The lowest BCUT2D eigenvalue weighted by molar-refractivity contribution is 0.100. The van der Waals surface area contributed by atoms with Gasteiger partial charge in [-0.2, -0.15) is 0 Å². The summed E-state index contributed by atoms with van der Waals surface area (Å²) in [6, 6.07) is 1.54. The molecule has 16 heavy (non-hydrogen) atoms. The van der Waals surface area contributed by atoms with Crippen LogP contribution in [0.1, 0.15) is 13.3 Å². The van der Waals surface area contributed by atoms with Crippen LogP contribution in [-0.2, 0) is 4.74 Å². The van der Waals surface area contributed by atoms with E-state index in [2.05, 4.69) is 4.98 Å². The second-order valence-electron chi connectivity index (χ2n) is 3.29. The first-order chi connectivity index (χ1) is 7.74. The highest BCUT2D eigenvalue weighted by Gasteiger charge is 2.11. The minimum atomic E-state index is -1.52. The van der Waals surface area contributed by atoms with E-state index >= 15 is 0 Å². The summed E-state index contributed by atoms with van der Waals surface area (Å²) < 4.78 is 10.6. The Morgan fingerprint density at radius 1 is 1.25 bits per heavy atom. The zero-order chi connectivity index (χ0) is 11.8. The maximum absolute atomic E-state index is 8.93. The molecule has 0 aliphatic carbocycles. The average molecular weight is 225 g/mol. The van der Waals surface area contributed by atoms with Crippen LogP contribution >= 0.6 is 0 Å². The van der Waals surface area contributed by atoms with Crippen molar-refractivity contribution in [3.63, 3.8) is 0 Å². The molecule has 0 saturated heterocycles. The summed E-state index contributed by atoms with van der Waals surface area (Å²) in [6.07, 6.45) is 3.88. The Morgan fingerprint density at radius 3 is 2.75 bits per heavy atom. The Hall–Kier alpha value is -1.11. The van der Waals surface area contributed by atoms with Crippen molar-refractivity contribution >= 4 is 12.6 Å². The Labute approximate surface area is 95.2 Å². The average Bonchev–Trinajstić information content (AvgIpc) is 2.29. The van der Waals surface area contributed by atoms with Crippen LogP contribution in [0.2, 0.25) is 0 Å². The van der Waals surface area contributed by atoms with Gasteiger partial charge in [-0.3, -0.25) is 4.98 Å². The molecule has 0 atom stereocenters. The predicted molar refractivity (Wildman–Crippen MR) is 60.7 cm³/mol. The predicted octanol–water partition coefficient (Wildman–Crippen LogP) is -0.433. The molecule has 0 bridgehead atoms. The van der Waals surface area contributed by atoms with Crippen LogP contribution in [0.4, 0.5) is 0 Å². The van der Waals surface area contributed by atoms with Crippen LogP contribution in [0.25, 0.3) is 0 Å². The zero-order valence-electron chi connectivity index (χ0n) is 9.30. The normalized spacial score (nSPS) is 10.2. The molecule has 1 rings (SSSR count). The van der Waals surface area contributed by atoms with Gasteiger partial charge in [0.1, 0.15) is 12.4 Å². The Balaban J connectivity index is 2.33. The van der Waals surface area contributed by atoms with E-state index in [9.17, 15) is 0 Å². The maximum Gasteiger partial charge on any atom is 0.490 e. The first kappa shape index (κ1) is 13.0. The lowest BCUT2D eigenvalue weighted by atomic mass is 9.82.